The van der Waals surface area contributed by atoms with Crippen LogP contribution in [0.1, 0.15) is 0 Å². The van der Waals surface area contributed by atoms with Crippen LogP contribution >= 0.6 is 35.8 Å². The first-order valence-electron chi connectivity index (χ1n) is 6.47. The van der Waals surface area contributed by atoms with Gasteiger partial charge in [0.1, 0.15) is 5.75 Å². The summed E-state index contributed by atoms with van der Waals surface area (Å²) >= 11 is 15.3. The molecule has 0 radical (unpaired) electrons. The number of methoxy groups -OCH3 is 1. The predicted octanol–water partition coefficient (Wildman–Crippen LogP) is 5.71. The molecule has 0 fully saturated rings. The van der Waals surface area contributed by atoms with E-state index in [2.05, 4.69) is 12.6 Å². The zero-order valence-electron chi connectivity index (χ0n) is 11.9. The van der Waals surface area contributed by atoms with E-state index in [1.54, 1.807) is 25.3 Å². The molecule has 0 atom stereocenters. The minimum Gasteiger partial charge on any atom is -0.496 e. The molecule has 0 saturated heterocycles. The molecule has 0 heterocycles. The fraction of sp³-hybridized carbons (Fsp3) is 0.0588. The highest BCUT2D eigenvalue weighted by Gasteiger charge is 2.01. The van der Waals surface area contributed by atoms with Crippen LogP contribution in [0.5, 0.6) is 5.75 Å². The third kappa shape index (κ3) is 4.23. The van der Waals surface area contributed by atoms with Crippen molar-refractivity contribution >= 4 is 52.3 Å². The zero-order chi connectivity index (χ0) is 16.1. The van der Waals surface area contributed by atoms with E-state index in [-0.39, 0.29) is 0 Å². The molecule has 0 spiro atoms. The van der Waals surface area contributed by atoms with E-state index < -0.39 is 0 Å². The van der Waals surface area contributed by atoms with Crippen molar-refractivity contribution in [1.29, 1.82) is 0 Å². The summed E-state index contributed by atoms with van der Waals surface area (Å²) in [5, 5.41) is 3.34. The quantitative estimate of drug-likeness (QED) is 0.434. The van der Waals surface area contributed by atoms with Crippen molar-refractivity contribution < 1.29 is 4.74 Å². The van der Waals surface area contributed by atoms with Crippen LogP contribution < -0.4 is 10.5 Å². The highest BCUT2D eigenvalue weighted by molar-refractivity contribution is 7.80. The molecule has 0 aliphatic carbocycles. The molecule has 0 saturated carbocycles. The van der Waals surface area contributed by atoms with Crippen molar-refractivity contribution in [3.63, 3.8) is 0 Å². The Morgan fingerprint density at radius 3 is 2.05 bits per heavy atom. The number of hydrogen-bond donors (Lipinski definition) is 2. The summed E-state index contributed by atoms with van der Waals surface area (Å²) in [4.78, 5) is 0.785. The molecule has 5 heteroatoms. The molecular weight excluding hydrogens is 337 g/mol. The Bertz CT molecular complexity index is 742. The Morgan fingerprint density at radius 1 is 0.909 bits per heavy atom. The van der Waals surface area contributed by atoms with Gasteiger partial charge in [0, 0.05) is 31.4 Å². The molecule has 0 aliphatic heterocycles. The van der Waals surface area contributed by atoms with Crippen LogP contribution in [0.2, 0.25) is 10.0 Å². The van der Waals surface area contributed by atoms with Gasteiger partial charge in [0.2, 0.25) is 0 Å². The van der Waals surface area contributed by atoms with Crippen molar-refractivity contribution in [2.24, 2.45) is 0 Å². The summed E-state index contributed by atoms with van der Waals surface area (Å²) in [5.41, 5.74) is 6.61. The van der Waals surface area contributed by atoms with E-state index in [9.17, 15) is 0 Å². The van der Waals surface area contributed by atoms with E-state index in [1.165, 1.54) is 0 Å². The van der Waals surface area contributed by atoms with E-state index >= 15 is 0 Å². The summed E-state index contributed by atoms with van der Waals surface area (Å²) in [6.07, 6.45) is 0. The third-order valence-electron chi connectivity index (χ3n) is 2.99. The molecule has 22 heavy (non-hydrogen) atoms. The summed E-state index contributed by atoms with van der Waals surface area (Å²) in [6.45, 7) is 0. The van der Waals surface area contributed by atoms with Crippen molar-refractivity contribution in [3.8, 4) is 5.75 Å². The minimum atomic E-state index is 0.618. The molecule has 0 aromatic heterocycles. The fourth-order valence-corrected chi connectivity index (χ4v) is 2.97. The van der Waals surface area contributed by atoms with Crippen molar-refractivity contribution in [2.45, 2.75) is 4.90 Å². The maximum atomic E-state index is 5.82. The molecule has 3 aromatic carbocycles. The van der Waals surface area contributed by atoms with E-state index in [1.807, 2.05) is 36.4 Å². The molecule has 114 valence electrons. The van der Waals surface area contributed by atoms with E-state index in [0.29, 0.717) is 10.0 Å². The van der Waals surface area contributed by atoms with E-state index in [0.717, 1.165) is 27.1 Å². The Morgan fingerprint density at radius 2 is 1.50 bits per heavy atom. The van der Waals surface area contributed by atoms with Gasteiger partial charge in [0.15, 0.2) is 0 Å². The summed E-state index contributed by atoms with van der Waals surface area (Å²) in [7, 11) is 1.66. The second kappa shape index (κ2) is 7.63. The molecule has 0 unspecified atom stereocenters. The van der Waals surface area contributed by atoms with Gasteiger partial charge < -0.3 is 10.5 Å². The normalized spacial score (nSPS) is 10.0. The van der Waals surface area contributed by atoms with Crippen LogP contribution in [0.15, 0.2) is 59.5 Å². The molecule has 2 nitrogen and oxygen atoms in total. The Balaban J connectivity index is 0.000000172. The van der Waals surface area contributed by atoms with Crippen LogP contribution in [-0.4, -0.2) is 7.11 Å². The van der Waals surface area contributed by atoms with Crippen LogP contribution in [0.4, 0.5) is 5.69 Å². The predicted molar refractivity (Wildman–Crippen MR) is 98.6 cm³/mol. The lowest BCUT2D eigenvalue weighted by molar-refractivity contribution is 0.420. The summed E-state index contributed by atoms with van der Waals surface area (Å²) < 4.78 is 5.23. The average Bonchev–Trinajstić information content (AvgIpc) is 2.47. The van der Waals surface area contributed by atoms with E-state index in [4.69, 9.17) is 33.7 Å². The number of benzene rings is 3. The SMILES string of the molecule is COc1ccc(N)c2ccccc12.Sc1cc(Cl)cc(Cl)c1. The van der Waals surface area contributed by atoms with Crippen LogP contribution in [0, 0.1) is 0 Å². The number of hydrogen-bond acceptors (Lipinski definition) is 3. The van der Waals surface area contributed by atoms with Gasteiger partial charge in [-0.1, -0.05) is 47.5 Å². The first-order chi connectivity index (χ1) is 10.5. The monoisotopic (exact) mass is 351 g/mol. The molecular formula is C17H15Cl2NOS. The Hall–Kier alpha value is -1.55. The highest BCUT2D eigenvalue weighted by atomic mass is 35.5. The Kier molecular flexibility index (Phi) is 5.83. The summed E-state index contributed by atoms with van der Waals surface area (Å²) in [5.74, 6) is 0.866. The minimum absolute atomic E-state index is 0.618. The van der Waals surface area contributed by atoms with Gasteiger partial charge in [-0.2, -0.15) is 0 Å². The number of fused-ring (bicyclic) bond motifs is 1. The van der Waals surface area contributed by atoms with Gasteiger partial charge in [0.05, 0.1) is 7.11 Å². The van der Waals surface area contributed by atoms with Crippen LogP contribution in [-0.2, 0) is 0 Å². The number of nitrogen functional groups attached to an aromatic ring is 1. The summed E-state index contributed by atoms with van der Waals surface area (Å²) in [6, 6.07) is 16.8. The fourth-order valence-electron chi connectivity index (χ4n) is 2.01. The number of thiol groups is 1. The lowest BCUT2D eigenvalue weighted by atomic mass is 10.1. The van der Waals surface area contributed by atoms with Gasteiger partial charge in [-0.15, -0.1) is 12.6 Å². The maximum Gasteiger partial charge on any atom is 0.126 e. The number of rotatable bonds is 1. The maximum absolute atomic E-state index is 5.82. The lowest BCUT2D eigenvalue weighted by Crippen LogP contribution is -1.89. The number of ether oxygens (including phenoxy) is 1. The Labute approximate surface area is 145 Å². The van der Waals surface area contributed by atoms with Gasteiger partial charge >= 0.3 is 0 Å². The highest BCUT2D eigenvalue weighted by Crippen LogP contribution is 2.29. The number of anilines is 1. The zero-order valence-corrected chi connectivity index (χ0v) is 14.3. The standard InChI is InChI=1S/C11H11NO.C6H4Cl2S/c1-13-11-7-6-10(12)8-4-2-3-5-9(8)11;7-4-1-5(8)3-6(9)2-4/h2-7H,12H2,1H3;1-3,9H. The molecule has 3 aromatic rings. The van der Waals surface area contributed by atoms with Gasteiger partial charge in [-0.3, -0.25) is 0 Å². The molecule has 0 bridgehead atoms. The van der Waals surface area contributed by atoms with Gasteiger partial charge in [-0.25, -0.2) is 0 Å². The molecule has 0 aliphatic rings. The average molecular weight is 352 g/mol. The van der Waals surface area contributed by atoms with Crippen LogP contribution in [0.3, 0.4) is 0 Å². The molecule has 3 rings (SSSR count). The number of halogens is 2. The second-order valence-corrected chi connectivity index (χ2v) is 5.92. The second-order valence-electron chi connectivity index (χ2n) is 4.53. The van der Waals surface area contributed by atoms with Crippen LogP contribution in [0.25, 0.3) is 10.8 Å². The topological polar surface area (TPSA) is 35.2 Å². The van der Waals surface area contributed by atoms with Crippen molar-refractivity contribution in [1.82, 2.24) is 0 Å². The number of nitrogens with two attached hydrogens (primary N) is 1. The largest absolute Gasteiger partial charge is 0.496 e. The van der Waals surface area contributed by atoms with Crippen molar-refractivity contribution in [3.05, 3.63) is 64.6 Å². The first kappa shape index (κ1) is 16.8. The first-order valence-corrected chi connectivity index (χ1v) is 7.68. The molecule has 0 amide bonds. The van der Waals surface area contributed by atoms with Gasteiger partial charge in [-0.05, 0) is 30.3 Å². The molecule has 2 N–H and O–H groups in total. The third-order valence-corrected chi connectivity index (χ3v) is 3.68. The smallest absolute Gasteiger partial charge is 0.126 e. The van der Waals surface area contributed by atoms with Gasteiger partial charge in [0.25, 0.3) is 0 Å². The lowest BCUT2D eigenvalue weighted by Gasteiger charge is -2.06. The van der Waals surface area contributed by atoms with Crippen molar-refractivity contribution in [2.75, 3.05) is 12.8 Å².